The predicted octanol–water partition coefficient (Wildman–Crippen LogP) is 4.25. The molecule has 1 aliphatic rings. The van der Waals surface area contributed by atoms with E-state index in [1.54, 1.807) is 36.9 Å². The Hall–Kier alpha value is -4.00. The van der Waals surface area contributed by atoms with Crippen molar-refractivity contribution < 1.29 is 14.4 Å². The summed E-state index contributed by atoms with van der Waals surface area (Å²) in [6.45, 7) is 6.64. The molecule has 0 unspecified atom stereocenters. The molecule has 7 heteroatoms. The van der Waals surface area contributed by atoms with Crippen molar-refractivity contribution in [2.45, 2.75) is 40.2 Å². The second-order valence-corrected chi connectivity index (χ2v) is 9.95. The molecule has 192 valence electrons. The van der Waals surface area contributed by atoms with Gasteiger partial charge in [-0.2, -0.15) is 0 Å². The Morgan fingerprint density at radius 1 is 0.919 bits per heavy atom. The fraction of sp³-hybridized carbons (Fsp3) is 0.333. The fourth-order valence-electron chi connectivity index (χ4n) is 4.75. The fourth-order valence-corrected chi connectivity index (χ4v) is 4.75. The lowest BCUT2D eigenvalue weighted by Gasteiger charge is -2.27. The monoisotopic (exact) mass is 498 g/mol. The van der Waals surface area contributed by atoms with E-state index in [9.17, 15) is 14.4 Å². The van der Waals surface area contributed by atoms with Gasteiger partial charge in [0, 0.05) is 39.1 Å². The molecule has 0 fully saturated rings. The van der Waals surface area contributed by atoms with Gasteiger partial charge in [0.05, 0.1) is 17.8 Å². The molecule has 0 saturated carbocycles. The number of aromatic nitrogens is 1. The van der Waals surface area contributed by atoms with Crippen molar-refractivity contribution in [3.8, 4) is 0 Å². The van der Waals surface area contributed by atoms with E-state index in [1.165, 1.54) is 0 Å². The lowest BCUT2D eigenvalue weighted by Crippen LogP contribution is -2.47. The topological polar surface area (TPSA) is 73.8 Å². The first-order valence-electron chi connectivity index (χ1n) is 12.7. The lowest BCUT2D eigenvalue weighted by molar-refractivity contribution is -0.137. The molecule has 0 bridgehead atoms. The number of hydrogen-bond acceptors (Lipinski definition) is 4. The molecule has 2 aromatic carbocycles. The van der Waals surface area contributed by atoms with Gasteiger partial charge in [-0.3, -0.25) is 19.4 Å². The molecular formula is C30H34N4O3. The molecule has 0 saturated heterocycles. The third-order valence-electron chi connectivity index (χ3n) is 6.94. The van der Waals surface area contributed by atoms with Crippen LogP contribution < -0.4 is 9.80 Å². The molecular weight excluding hydrogens is 464 g/mol. The quantitative estimate of drug-likeness (QED) is 0.435. The second-order valence-electron chi connectivity index (χ2n) is 9.95. The Kier molecular flexibility index (Phi) is 7.71. The number of pyridine rings is 1. The van der Waals surface area contributed by atoms with Gasteiger partial charge < -0.3 is 14.7 Å². The largest absolute Gasteiger partial charge is 0.338 e. The van der Waals surface area contributed by atoms with Gasteiger partial charge in [0.25, 0.3) is 0 Å². The van der Waals surface area contributed by atoms with Crippen molar-refractivity contribution in [3.63, 3.8) is 0 Å². The standard InChI is InChI=1S/C30H34N4O3/c1-5-34-25-14-13-24(18-26(25)32(4)28(36)30(2,3)29(34)37)21-33(17-15-23-12-9-16-31-20-23)27(35)19-22-10-7-6-8-11-22/h6-14,16,18,20H,5,15,17,19,21H2,1-4H3. The first kappa shape index (κ1) is 26.1. The second kappa shape index (κ2) is 10.9. The van der Waals surface area contributed by atoms with Crippen LogP contribution in [0.25, 0.3) is 0 Å². The van der Waals surface area contributed by atoms with E-state index in [4.69, 9.17) is 0 Å². The highest BCUT2D eigenvalue weighted by Crippen LogP contribution is 2.39. The average molecular weight is 499 g/mol. The zero-order valence-electron chi connectivity index (χ0n) is 22.0. The smallest absolute Gasteiger partial charge is 0.242 e. The van der Waals surface area contributed by atoms with Crippen LogP contribution in [-0.4, -0.2) is 47.7 Å². The van der Waals surface area contributed by atoms with Gasteiger partial charge in [0.2, 0.25) is 17.7 Å². The van der Waals surface area contributed by atoms with Crippen LogP contribution in [0.4, 0.5) is 11.4 Å². The van der Waals surface area contributed by atoms with Crippen LogP contribution in [0.15, 0.2) is 73.1 Å². The van der Waals surface area contributed by atoms with Crippen molar-refractivity contribution in [3.05, 3.63) is 89.7 Å². The van der Waals surface area contributed by atoms with E-state index in [2.05, 4.69) is 4.98 Å². The van der Waals surface area contributed by atoms with Crippen molar-refractivity contribution in [1.82, 2.24) is 9.88 Å². The van der Waals surface area contributed by atoms with E-state index < -0.39 is 5.41 Å². The average Bonchev–Trinajstić information content (AvgIpc) is 2.96. The predicted molar refractivity (Wildman–Crippen MR) is 145 cm³/mol. The van der Waals surface area contributed by atoms with Crippen LogP contribution in [-0.2, 0) is 33.8 Å². The van der Waals surface area contributed by atoms with Crippen molar-refractivity contribution in [2.24, 2.45) is 5.41 Å². The maximum Gasteiger partial charge on any atom is 0.242 e. The Balaban J connectivity index is 1.63. The summed E-state index contributed by atoms with van der Waals surface area (Å²) in [7, 11) is 1.71. The third-order valence-corrected chi connectivity index (χ3v) is 6.94. The van der Waals surface area contributed by atoms with Gasteiger partial charge in [-0.1, -0.05) is 42.5 Å². The molecule has 1 aliphatic heterocycles. The Morgan fingerprint density at radius 3 is 2.32 bits per heavy atom. The van der Waals surface area contributed by atoms with Gasteiger partial charge in [0.15, 0.2) is 0 Å². The summed E-state index contributed by atoms with van der Waals surface area (Å²) in [4.78, 5) is 49.1. The molecule has 3 aromatic rings. The van der Waals surface area contributed by atoms with Crippen molar-refractivity contribution in [1.29, 1.82) is 0 Å². The van der Waals surface area contributed by atoms with Gasteiger partial charge >= 0.3 is 0 Å². The summed E-state index contributed by atoms with van der Waals surface area (Å²) in [6.07, 6.45) is 4.55. The number of hydrogen-bond donors (Lipinski definition) is 0. The number of amides is 3. The summed E-state index contributed by atoms with van der Waals surface area (Å²) >= 11 is 0. The van der Waals surface area contributed by atoms with Crippen LogP contribution in [0.3, 0.4) is 0 Å². The Labute approximate surface area is 218 Å². The highest BCUT2D eigenvalue weighted by atomic mass is 16.2. The van der Waals surface area contributed by atoms with Crippen LogP contribution in [0, 0.1) is 5.41 Å². The molecule has 3 amide bonds. The number of anilines is 2. The number of nitrogens with zero attached hydrogens (tertiary/aromatic N) is 4. The zero-order valence-corrected chi connectivity index (χ0v) is 22.0. The first-order valence-corrected chi connectivity index (χ1v) is 12.7. The van der Waals surface area contributed by atoms with E-state index in [0.717, 1.165) is 16.7 Å². The highest BCUT2D eigenvalue weighted by Gasteiger charge is 2.45. The Bertz CT molecular complexity index is 1270. The van der Waals surface area contributed by atoms with Crippen LogP contribution in [0.1, 0.15) is 37.5 Å². The van der Waals surface area contributed by atoms with Gasteiger partial charge in [-0.15, -0.1) is 0 Å². The molecule has 7 nitrogen and oxygen atoms in total. The van der Waals surface area contributed by atoms with E-state index >= 15 is 0 Å². The van der Waals surface area contributed by atoms with Crippen LogP contribution in [0.5, 0.6) is 0 Å². The number of carbonyl (C=O) groups is 3. The van der Waals surface area contributed by atoms with Gasteiger partial charge in [-0.05, 0) is 62.1 Å². The SMILES string of the molecule is CCN1C(=O)C(C)(C)C(=O)N(C)c2cc(CN(CCc3cccnc3)C(=O)Cc3ccccc3)ccc21. The van der Waals surface area contributed by atoms with Crippen molar-refractivity contribution >= 4 is 29.1 Å². The number of carbonyl (C=O) groups excluding carboxylic acids is 3. The zero-order chi connectivity index (χ0) is 26.6. The maximum atomic E-state index is 13.4. The molecule has 0 atom stereocenters. The van der Waals surface area contributed by atoms with Gasteiger partial charge in [0.1, 0.15) is 5.41 Å². The molecule has 0 radical (unpaired) electrons. The van der Waals surface area contributed by atoms with E-state index in [1.807, 2.05) is 78.7 Å². The normalized spacial score (nSPS) is 14.8. The molecule has 2 heterocycles. The van der Waals surface area contributed by atoms with Crippen LogP contribution in [0.2, 0.25) is 0 Å². The molecule has 0 spiro atoms. The molecule has 37 heavy (non-hydrogen) atoms. The minimum atomic E-state index is -1.16. The van der Waals surface area contributed by atoms with Gasteiger partial charge in [-0.25, -0.2) is 0 Å². The lowest BCUT2D eigenvalue weighted by atomic mass is 9.90. The van der Waals surface area contributed by atoms with Crippen LogP contribution >= 0.6 is 0 Å². The minimum absolute atomic E-state index is 0.0287. The number of benzene rings is 2. The highest BCUT2D eigenvalue weighted by molar-refractivity contribution is 6.19. The summed E-state index contributed by atoms with van der Waals surface area (Å²) in [5, 5.41) is 0. The maximum absolute atomic E-state index is 13.4. The van der Waals surface area contributed by atoms with Crippen molar-refractivity contribution in [2.75, 3.05) is 29.9 Å². The summed E-state index contributed by atoms with van der Waals surface area (Å²) in [5.41, 5.74) is 3.14. The first-order chi connectivity index (χ1) is 17.7. The minimum Gasteiger partial charge on any atom is -0.338 e. The summed E-state index contributed by atoms with van der Waals surface area (Å²) in [6, 6.07) is 19.4. The molecule has 0 N–H and O–H groups in total. The third kappa shape index (κ3) is 5.56. The molecule has 4 rings (SSSR count). The van der Waals surface area contributed by atoms with E-state index in [-0.39, 0.29) is 17.7 Å². The number of fused-ring (bicyclic) bond motifs is 1. The molecule has 0 aliphatic carbocycles. The molecule has 1 aromatic heterocycles. The summed E-state index contributed by atoms with van der Waals surface area (Å²) in [5.74, 6) is -0.434. The van der Waals surface area contributed by atoms with E-state index in [0.29, 0.717) is 43.9 Å². The summed E-state index contributed by atoms with van der Waals surface area (Å²) < 4.78 is 0. The Morgan fingerprint density at radius 2 is 1.65 bits per heavy atom. The number of rotatable bonds is 8.